The number of nitrogens with one attached hydrogen (secondary N) is 1. The quantitative estimate of drug-likeness (QED) is 0.916. The predicted octanol–water partition coefficient (Wildman–Crippen LogP) is 2.41. The van der Waals surface area contributed by atoms with Crippen molar-refractivity contribution in [3.63, 3.8) is 0 Å². The van der Waals surface area contributed by atoms with Gasteiger partial charge >= 0.3 is 0 Å². The van der Waals surface area contributed by atoms with E-state index in [1.807, 2.05) is 6.07 Å². The van der Waals surface area contributed by atoms with Crippen molar-refractivity contribution in [2.45, 2.75) is 30.8 Å². The van der Waals surface area contributed by atoms with Gasteiger partial charge < -0.3 is 0 Å². The highest BCUT2D eigenvalue weighted by Crippen LogP contribution is 2.20. The standard InChI is InChI=1S/C18H22N2O2S/c1-15(13-19-23(21,22)18-9-3-2-4-10-18)20-12-11-16-7-5-6-8-17(16)14-20/h2-10,15,19H,11-14H2,1H3. The van der Waals surface area contributed by atoms with Gasteiger partial charge in [-0.3, -0.25) is 4.90 Å². The van der Waals surface area contributed by atoms with E-state index in [0.29, 0.717) is 11.4 Å². The van der Waals surface area contributed by atoms with Crippen LogP contribution in [0.3, 0.4) is 0 Å². The molecule has 1 aliphatic rings. The summed E-state index contributed by atoms with van der Waals surface area (Å²) < 4.78 is 27.3. The third-order valence-corrected chi connectivity index (χ3v) is 5.85. The summed E-state index contributed by atoms with van der Waals surface area (Å²) in [5, 5.41) is 0. The lowest BCUT2D eigenvalue weighted by atomic mass is 9.99. The number of fused-ring (bicyclic) bond motifs is 1. The van der Waals surface area contributed by atoms with Crippen molar-refractivity contribution in [2.24, 2.45) is 0 Å². The van der Waals surface area contributed by atoms with E-state index >= 15 is 0 Å². The summed E-state index contributed by atoms with van der Waals surface area (Å²) in [6, 6.07) is 17.1. The van der Waals surface area contributed by atoms with Crippen molar-refractivity contribution >= 4 is 10.0 Å². The summed E-state index contributed by atoms with van der Waals surface area (Å²) in [5.41, 5.74) is 2.75. The fourth-order valence-electron chi connectivity index (χ4n) is 2.94. The molecule has 1 heterocycles. The van der Waals surface area contributed by atoms with Crippen LogP contribution in [0.2, 0.25) is 0 Å². The van der Waals surface area contributed by atoms with Crippen LogP contribution in [0.15, 0.2) is 59.5 Å². The molecule has 1 N–H and O–H groups in total. The SMILES string of the molecule is CC(CNS(=O)(=O)c1ccccc1)N1CCc2ccccc2C1. The van der Waals surface area contributed by atoms with E-state index in [1.165, 1.54) is 11.1 Å². The zero-order chi connectivity index (χ0) is 16.3. The first-order valence-corrected chi connectivity index (χ1v) is 9.40. The van der Waals surface area contributed by atoms with Gasteiger partial charge in [0, 0.05) is 25.7 Å². The number of nitrogens with zero attached hydrogens (tertiary/aromatic N) is 1. The van der Waals surface area contributed by atoms with Gasteiger partial charge in [0.1, 0.15) is 0 Å². The molecule has 2 aromatic rings. The lowest BCUT2D eigenvalue weighted by Gasteiger charge is -2.33. The van der Waals surface area contributed by atoms with E-state index in [-0.39, 0.29) is 6.04 Å². The second-order valence-corrected chi connectivity index (χ2v) is 7.77. The monoisotopic (exact) mass is 330 g/mol. The molecule has 0 saturated heterocycles. The number of benzene rings is 2. The van der Waals surface area contributed by atoms with Crippen molar-refractivity contribution in [1.82, 2.24) is 9.62 Å². The minimum Gasteiger partial charge on any atom is -0.295 e. The second-order valence-electron chi connectivity index (χ2n) is 6.00. The molecule has 122 valence electrons. The summed E-state index contributed by atoms with van der Waals surface area (Å²) >= 11 is 0. The van der Waals surface area contributed by atoms with Gasteiger partial charge in [-0.05, 0) is 36.6 Å². The van der Waals surface area contributed by atoms with Crippen LogP contribution in [0.1, 0.15) is 18.1 Å². The van der Waals surface area contributed by atoms with E-state index in [2.05, 4.69) is 40.8 Å². The van der Waals surface area contributed by atoms with Crippen molar-refractivity contribution < 1.29 is 8.42 Å². The fourth-order valence-corrected chi connectivity index (χ4v) is 4.08. The molecule has 0 aromatic heterocycles. The van der Waals surface area contributed by atoms with Gasteiger partial charge in [-0.2, -0.15) is 0 Å². The summed E-state index contributed by atoms with van der Waals surface area (Å²) in [6.07, 6.45) is 1.02. The van der Waals surface area contributed by atoms with Crippen LogP contribution in [-0.2, 0) is 23.0 Å². The van der Waals surface area contributed by atoms with E-state index in [4.69, 9.17) is 0 Å². The van der Waals surface area contributed by atoms with Gasteiger partial charge in [0.15, 0.2) is 0 Å². The Kier molecular flexibility index (Phi) is 4.80. The first-order valence-electron chi connectivity index (χ1n) is 7.92. The molecule has 0 fully saturated rings. The molecule has 5 heteroatoms. The van der Waals surface area contributed by atoms with Gasteiger partial charge in [0.2, 0.25) is 10.0 Å². The molecule has 23 heavy (non-hydrogen) atoms. The topological polar surface area (TPSA) is 49.4 Å². The molecular formula is C18H22N2O2S. The van der Waals surface area contributed by atoms with Gasteiger partial charge in [-0.1, -0.05) is 42.5 Å². The lowest BCUT2D eigenvalue weighted by Crippen LogP contribution is -2.44. The molecule has 2 aromatic carbocycles. The fraction of sp³-hybridized carbons (Fsp3) is 0.333. The lowest BCUT2D eigenvalue weighted by molar-refractivity contribution is 0.192. The molecule has 0 saturated carbocycles. The van der Waals surface area contributed by atoms with Crippen LogP contribution in [0.5, 0.6) is 0 Å². The average Bonchev–Trinajstić information content (AvgIpc) is 2.60. The number of hydrogen-bond acceptors (Lipinski definition) is 3. The van der Waals surface area contributed by atoms with E-state index < -0.39 is 10.0 Å². The number of rotatable bonds is 5. The van der Waals surface area contributed by atoms with Crippen molar-refractivity contribution in [2.75, 3.05) is 13.1 Å². The van der Waals surface area contributed by atoms with E-state index in [9.17, 15) is 8.42 Å². The van der Waals surface area contributed by atoms with Crippen molar-refractivity contribution in [3.05, 3.63) is 65.7 Å². The molecule has 1 aliphatic heterocycles. The van der Waals surface area contributed by atoms with Crippen LogP contribution < -0.4 is 4.72 Å². The molecular weight excluding hydrogens is 308 g/mol. The molecule has 0 radical (unpaired) electrons. The average molecular weight is 330 g/mol. The third kappa shape index (κ3) is 3.80. The Morgan fingerprint density at radius 1 is 1.04 bits per heavy atom. The molecule has 0 amide bonds. The second kappa shape index (κ2) is 6.83. The van der Waals surface area contributed by atoms with Gasteiger partial charge in [0.25, 0.3) is 0 Å². The maximum Gasteiger partial charge on any atom is 0.240 e. The van der Waals surface area contributed by atoms with Crippen LogP contribution in [0.4, 0.5) is 0 Å². The van der Waals surface area contributed by atoms with Crippen molar-refractivity contribution in [3.8, 4) is 0 Å². The molecule has 1 atom stereocenters. The smallest absolute Gasteiger partial charge is 0.240 e. The molecule has 3 rings (SSSR count). The minimum absolute atomic E-state index is 0.154. The summed E-state index contributed by atoms with van der Waals surface area (Å²) in [7, 11) is -3.43. The predicted molar refractivity (Wildman–Crippen MR) is 91.6 cm³/mol. The minimum atomic E-state index is -3.43. The molecule has 4 nitrogen and oxygen atoms in total. The third-order valence-electron chi connectivity index (χ3n) is 4.41. The Morgan fingerprint density at radius 3 is 2.43 bits per heavy atom. The Hall–Kier alpha value is -1.69. The van der Waals surface area contributed by atoms with Crippen LogP contribution in [-0.4, -0.2) is 32.4 Å². The Labute approximate surface area is 138 Å². The van der Waals surface area contributed by atoms with Crippen LogP contribution in [0.25, 0.3) is 0 Å². The van der Waals surface area contributed by atoms with Crippen LogP contribution >= 0.6 is 0 Å². The zero-order valence-corrected chi connectivity index (χ0v) is 14.1. The highest BCUT2D eigenvalue weighted by atomic mass is 32.2. The first kappa shape index (κ1) is 16.2. The first-order chi connectivity index (χ1) is 11.1. The highest BCUT2D eigenvalue weighted by molar-refractivity contribution is 7.89. The summed E-state index contributed by atoms with van der Waals surface area (Å²) in [4.78, 5) is 2.65. The molecule has 0 spiro atoms. The van der Waals surface area contributed by atoms with Gasteiger partial charge in [-0.25, -0.2) is 13.1 Å². The summed E-state index contributed by atoms with van der Waals surface area (Å²) in [6.45, 7) is 4.33. The largest absolute Gasteiger partial charge is 0.295 e. The van der Waals surface area contributed by atoms with Crippen LogP contribution in [0, 0.1) is 0 Å². The Morgan fingerprint density at radius 2 is 1.70 bits per heavy atom. The van der Waals surface area contributed by atoms with Crippen molar-refractivity contribution in [1.29, 1.82) is 0 Å². The van der Waals surface area contributed by atoms with E-state index in [1.54, 1.807) is 24.3 Å². The summed E-state index contributed by atoms with van der Waals surface area (Å²) in [5.74, 6) is 0. The van der Waals surface area contributed by atoms with Gasteiger partial charge in [0.05, 0.1) is 4.90 Å². The Balaban J connectivity index is 1.61. The van der Waals surface area contributed by atoms with E-state index in [0.717, 1.165) is 19.5 Å². The number of sulfonamides is 1. The molecule has 0 bridgehead atoms. The highest BCUT2D eigenvalue weighted by Gasteiger charge is 2.22. The Bertz CT molecular complexity index is 760. The molecule has 1 unspecified atom stereocenters. The number of hydrogen-bond donors (Lipinski definition) is 1. The maximum atomic E-state index is 12.3. The van der Waals surface area contributed by atoms with Gasteiger partial charge in [-0.15, -0.1) is 0 Å². The zero-order valence-electron chi connectivity index (χ0n) is 13.3. The molecule has 0 aliphatic carbocycles. The maximum absolute atomic E-state index is 12.3. The normalized spacial score (nSPS) is 16.7.